The summed E-state index contributed by atoms with van der Waals surface area (Å²) >= 11 is 3.04. The summed E-state index contributed by atoms with van der Waals surface area (Å²) in [4.78, 5) is 27.8. The quantitative estimate of drug-likeness (QED) is 0.498. The van der Waals surface area contributed by atoms with Crippen LogP contribution < -0.4 is 10.2 Å². The molecule has 4 rings (SSSR count). The van der Waals surface area contributed by atoms with E-state index in [-0.39, 0.29) is 5.91 Å². The maximum atomic E-state index is 12.1. The van der Waals surface area contributed by atoms with Gasteiger partial charge >= 0.3 is 0 Å². The molecular formula is C18H21N5O2S2. The Morgan fingerprint density at radius 3 is 2.89 bits per heavy atom. The van der Waals surface area contributed by atoms with E-state index in [0.717, 1.165) is 33.7 Å². The van der Waals surface area contributed by atoms with Crippen molar-refractivity contribution in [3.8, 4) is 0 Å². The largest absolute Gasteiger partial charge is 0.467 e. The van der Waals surface area contributed by atoms with Crippen molar-refractivity contribution in [2.24, 2.45) is 0 Å². The number of furan rings is 1. The maximum absolute atomic E-state index is 12.1. The number of hydrogen-bond acceptors (Lipinski definition) is 8. The van der Waals surface area contributed by atoms with E-state index in [1.54, 1.807) is 23.7 Å². The van der Waals surface area contributed by atoms with Crippen LogP contribution >= 0.6 is 23.1 Å². The molecule has 9 heteroatoms. The Bertz CT molecular complexity index is 888. The Morgan fingerprint density at radius 1 is 1.26 bits per heavy atom. The van der Waals surface area contributed by atoms with Crippen molar-refractivity contribution >= 4 is 44.5 Å². The van der Waals surface area contributed by atoms with Gasteiger partial charge in [-0.15, -0.1) is 0 Å². The highest BCUT2D eigenvalue weighted by molar-refractivity contribution is 8.00. The van der Waals surface area contributed by atoms with Gasteiger partial charge in [0.15, 0.2) is 10.8 Å². The van der Waals surface area contributed by atoms with Gasteiger partial charge < -0.3 is 14.6 Å². The summed E-state index contributed by atoms with van der Waals surface area (Å²) in [5, 5.41) is 4.67. The molecule has 0 unspecified atom stereocenters. The molecule has 0 aromatic carbocycles. The molecule has 1 amide bonds. The van der Waals surface area contributed by atoms with Gasteiger partial charge in [0, 0.05) is 13.1 Å². The summed E-state index contributed by atoms with van der Waals surface area (Å²) in [7, 11) is 0. The van der Waals surface area contributed by atoms with Crippen LogP contribution in [0.1, 0.15) is 31.4 Å². The fourth-order valence-corrected chi connectivity index (χ4v) is 4.98. The van der Waals surface area contributed by atoms with Crippen LogP contribution in [0.15, 0.2) is 34.2 Å². The minimum Gasteiger partial charge on any atom is -0.467 e. The third-order valence-electron chi connectivity index (χ3n) is 4.40. The van der Waals surface area contributed by atoms with Crippen molar-refractivity contribution in [3.05, 3.63) is 30.5 Å². The van der Waals surface area contributed by atoms with Gasteiger partial charge in [0.25, 0.3) is 0 Å². The summed E-state index contributed by atoms with van der Waals surface area (Å²) in [6.45, 7) is 2.49. The number of thiazole rings is 1. The third kappa shape index (κ3) is 4.59. The molecule has 1 aliphatic heterocycles. The molecule has 1 saturated heterocycles. The van der Waals surface area contributed by atoms with Gasteiger partial charge in [0.1, 0.15) is 21.8 Å². The van der Waals surface area contributed by atoms with Crippen molar-refractivity contribution in [2.75, 3.05) is 23.7 Å². The van der Waals surface area contributed by atoms with Crippen molar-refractivity contribution in [2.45, 2.75) is 37.3 Å². The zero-order valence-electron chi connectivity index (χ0n) is 14.9. The van der Waals surface area contributed by atoms with E-state index >= 15 is 0 Å². The summed E-state index contributed by atoms with van der Waals surface area (Å²) in [5.41, 5.74) is 0.716. The van der Waals surface area contributed by atoms with Gasteiger partial charge in [0.2, 0.25) is 5.91 Å². The number of fused-ring (bicyclic) bond motifs is 1. The smallest absolute Gasteiger partial charge is 0.230 e. The van der Waals surface area contributed by atoms with Crippen LogP contribution in [0.4, 0.5) is 5.13 Å². The van der Waals surface area contributed by atoms with E-state index in [1.165, 1.54) is 43.8 Å². The molecule has 0 atom stereocenters. The SMILES string of the molecule is O=C(CSc1ncnc2nc(N3CCCCCC3)sc12)NCc1ccco1. The van der Waals surface area contributed by atoms with Crippen LogP contribution in [0.3, 0.4) is 0 Å². The highest BCUT2D eigenvalue weighted by atomic mass is 32.2. The molecule has 1 fully saturated rings. The third-order valence-corrected chi connectivity index (χ3v) is 6.63. The first-order valence-electron chi connectivity index (χ1n) is 9.08. The monoisotopic (exact) mass is 403 g/mol. The molecule has 1 N–H and O–H groups in total. The normalized spacial score (nSPS) is 15.0. The lowest BCUT2D eigenvalue weighted by molar-refractivity contribution is -0.118. The van der Waals surface area contributed by atoms with Crippen LogP contribution in [-0.2, 0) is 11.3 Å². The Labute approximate surface area is 165 Å². The Kier molecular flexibility index (Phi) is 5.88. The number of amides is 1. The summed E-state index contributed by atoms with van der Waals surface area (Å²) in [6, 6.07) is 3.64. The van der Waals surface area contributed by atoms with Crippen LogP contribution in [-0.4, -0.2) is 39.7 Å². The van der Waals surface area contributed by atoms with E-state index in [0.29, 0.717) is 17.9 Å². The van der Waals surface area contributed by atoms with E-state index in [2.05, 4.69) is 20.2 Å². The Hall–Kier alpha value is -2.13. The fraction of sp³-hybridized carbons (Fsp3) is 0.444. The second kappa shape index (κ2) is 8.71. The molecule has 142 valence electrons. The number of rotatable bonds is 6. The Morgan fingerprint density at radius 2 is 2.11 bits per heavy atom. The van der Waals surface area contributed by atoms with E-state index in [9.17, 15) is 4.79 Å². The zero-order chi connectivity index (χ0) is 18.5. The first-order valence-corrected chi connectivity index (χ1v) is 10.9. The lowest BCUT2D eigenvalue weighted by Gasteiger charge is -2.18. The van der Waals surface area contributed by atoms with Crippen molar-refractivity contribution in [1.82, 2.24) is 20.3 Å². The van der Waals surface area contributed by atoms with E-state index in [1.807, 2.05) is 6.07 Å². The number of aromatic nitrogens is 3. The maximum Gasteiger partial charge on any atom is 0.230 e. The second-order valence-corrected chi connectivity index (χ2v) is 8.32. The van der Waals surface area contributed by atoms with E-state index in [4.69, 9.17) is 9.40 Å². The standard InChI is InChI=1S/C18H21N5O2S2/c24-14(19-10-13-6-5-9-25-13)11-26-17-15-16(20-12-21-17)22-18(27-15)23-7-3-1-2-4-8-23/h5-6,9,12H,1-4,7-8,10-11H2,(H,19,24). The lowest BCUT2D eigenvalue weighted by atomic mass is 10.2. The van der Waals surface area contributed by atoms with Crippen molar-refractivity contribution < 1.29 is 9.21 Å². The highest BCUT2D eigenvalue weighted by Crippen LogP contribution is 2.34. The van der Waals surface area contributed by atoms with Crippen molar-refractivity contribution in [1.29, 1.82) is 0 Å². The predicted octanol–water partition coefficient (Wildman–Crippen LogP) is 3.47. The van der Waals surface area contributed by atoms with Crippen molar-refractivity contribution in [3.63, 3.8) is 0 Å². The van der Waals surface area contributed by atoms with Gasteiger partial charge in [-0.1, -0.05) is 35.9 Å². The molecule has 4 heterocycles. The molecule has 0 saturated carbocycles. The average Bonchev–Trinajstić information content (AvgIpc) is 3.28. The number of hydrogen-bond donors (Lipinski definition) is 1. The molecule has 3 aromatic rings. The van der Waals surface area contributed by atoms with Crippen LogP contribution in [0, 0.1) is 0 Å². The van der Waals surface area contributed by atoms with Crippen LogP contribution in [0.2, 0.25) is 0 Å². The molecule has 0 spiro atoms. The van der Waals surface area contributed by atoms with Gasteiger partial charge in [0.05, 0.1) is 18.6 Å². The summed E-state index contributed by atoms with van der Waals surface area (Å²) in [6.07, 6.45) is 8.11. The molecule has 0 bridgehead atoms. The number of nitrogens with one attached hydrogen (secondary N) is 1. The van der Waals surface area contributed by atoms with Gasteiger partial charge in [-0.2, -0.15) is 4.98 Å². The Balaban J connectivity index is 1.41. The number of thioether (sulfide) groups is 1. The highest BCUT2D eigenvalue weighted by Gasteiger charge is 2.17. The van der Waals surface area contributed by atoms with E-state index < -0.39 is 0 Å². The number of carbonyl (C=O) groups excluding carboxylic acids is 1. The minimum absolute atomic E-state index is 0.0552. The lowest BCUT2D eigenvalue weighted by Crippen LogP contribution is -2.24. The van der Waals surface area contributed by atoms with Gasteiger partial charge in [-0.3, -0.25) is 4.79 Å². The van der Waals surface area contributed by atoms with Gasteiger partial charge in [-0.05, 0) is 25.0 Å². The molecular weight excluding hydrogens is 382 g/mol. The van der Waals surface area contributed by atoms with Crippen LogP contribution in [0.5, 0.6) is 0 Å². The molecule has 7 nitrogen and oxygen atoms in total. The molecule has 27 heavy (non-hydrogen) atoms. The fourth-order valence-electron chi connectivity index (χ4n) is 3.01. The first kappa shape index (κ1) is 18.2. The predicted molar refractivity (Wildman–Crippen MR) is 107 cm³/mol. The minimum atomic E-state index is -0.0552. The van der Waals surface area contributed by atoms with Crippen LogP contribution in [0.25, 0.3) is 10.3 Å². The molecule has 0 radical (unpaired) electrons. The zero-order valence-corrected chi connectivity index (χ0v) is 16.5. The number of anilines is 1. The summed E-state index contributed by atoms with van der Waals surface area (Å²) < 4.78 is 6.18. The topological polar surface area (TPSA) is 84.2 Å². The van der Waals surface area contributed by atoms with Gasteiger partial charge in [-0.25, -0.2) is 9.97 Å². The molecule has 0 aliphatic carbocycles. The molecule has 1 aliphatic rings. The first-order chi connectivity index (χ1) is 13.3. The second-order valence-electron chi connectivity index (χ2n) is 6.37. The number of nitrogens with zero attached hydrogens (tertiary/aromatic N) is 4. The number of carbonyl (C=O) groups is 1. The summed E-state index contributed by atoms with van der Waals surface area (Å²) in [5.74, 6) is 0.979. The molecule has 3 aromatic heterocycles. The average molecular weight is 404 g/mol.